The van der Waals surface area contributed by atoms with Crippen molar-refractivity contribution >= 4 is 11.7 Å². The van der Waals surface area contributed by atoms with Crippen molar-refractivity contribution in [3.8, 4) is 0 Å². The van der Waals surface area contributed by atoms with Gasteiger partial charge in [-0.2, -0.15) is 5.10 Å². The summed E-state index contributed by atoms with van der Waals surface area (Å²) in [6.45, 7) is 1.04. The Hall–Kier alpha value is -2.14. The van der Waals surface area contributed by atoms with Crippen LogP contribution in [0.2, 0.25) is 0 Å². The average molecular weight is 256 g/mol. The van der Waals surface area contributed by atoms with Crippen molar-refractivity contribution in [1.29, 1.82) is 0 Å². The third-order valence-electron chi connectivity index (χ3n) is 3.46. The maximum absolute atomic E-state index is 12.5. The van der Waals surface area contributed by atoms with E-state index in [-0.39, 0.29) is 5.91 Å². The van der Waals surface area contributed by atoms with Crippen molar-refractivity contribution < 1.29 is 4.79 Å². The van der Waals surface area contributed by atoms with E-state index >= 15 is 0 Å². The molecular weight excluding hydrogens is 240 g/mol. The number of carbonyl (C=O) groups excluding carboxylic acids is 1. The van der Waals surface area contributed by atoms with E-state index in [2.05, 4.69) is 5.10 Å². The van der Waals surface area contributed by atoms with Gasteiger partial charge in [-0.15, -0.1) is 0 Å². The van der Waals surface area contributed by atoms with E-state index in [1.807, 2.05) is 37.5 Å². The summed E-state index contributed by atoms with van der Waals surface area (Å²) in [5.74, 6) is 0.694. The Morgan fingerprint density at radius 1 is 1.37 bits per heavy atom. The second kappa shape index (κ2) is 4.51. The summed E-state index contributed by atoms with van der Waals surface area (Å²) in [4.78, 5) is 14.3. The third-order valence-corrected chi connectivity index (χ3v) is 3.46. The summed E-state index contributed by atoms with van der Waals surface area (Å²) in [5, 5.41) is 4.37. The summed E-state index contributed by atoms with van der Waals surface area (Å²) in [5.41, 5.74) is 8.49. The van der Waals surface area contributed by atoms with Gasteiger partial charge >= 0.3 is 0 Å². The molecular formula is C14H16N4O. The summed E-state index contributed by atoms with van der Waals surface area (Å²) in [6, 6.07) is 7.73. The van der Waals surface area contributed by atoms with E-state index < -0.39 is 0 Å². The van der Waals surface area contributed by atoms with Crippen LogP contribution < -0.4 is 10.6 Å². The molecule has 0 atom stereocenters. The highest BCUT2D eigenvalue weighted by Crippen LogP contribution is 2.25. The van der Waals surface area contributed by atoms with Crippen LogP contribution in [0.15, 0.2) is 30.5 Å². The smallest absolute Gasteiger partial charge is 0.259 e. The number of anilines is 1. The van der Waals surface area contributed by atoms with Crippen LogP contribution in [-0.4, -0.2) is 22.2 Å². The molecule has 1 aromatic carbocycles. The molecule has 19 heavy (non-hydrogen) atoms. The summed E-state index contributed by atoms with van der Waals surface area (Å²) in [7, 11) is 1.84. The first-order chi connectivity index (χ1) is 9.20. The van der Waals surface area contributed by atoms with Crippen LogP contribution in [0.25, 0.3) is 0 Å². The van der Waals surface area contributed by atoms with Gasteiger partial charge in [0.25, 0.3) is 5.91 Å². The van der Waals surface area contributed by atoms with E-state index in [0.29, 0.717) is 18.9 Å². The Balaban J connectivity index is 2.02. The zero-order chi connectivity index (χ0) is 13.4. The fraction of sp³-hybridized carbons (Fsp3) is 0.286. The Labute approximate surface area is 111 Å². The molecule has 1 amide bonds. The van der Waals surface area contributed by atoms with Gasteiger partial charge in [0.2, 0.25) is 0 Å². The van der Waals surface area contributed by atoms with Gasteiger partial charge in [-0.3, -0.25) is 14.4 Å². The minimum absolute atomic E-state index is 0.00949. The van der Waals surface area contributed by atoms with Gasteiger partial charge in [0.05, 0.1) is 0 Å². The Morgan fingerprint density at radius 3 is 2.95 bits per heavy atom. The molecule has 0 fully saturated rings. The van der Waals surface area contributed by atoms with Crippen LogP contribution in [-0.2, 0) is 20.0 Å². The van der Waals surface area contributed by atoms with Crippen LogP contribution in [0.5, 0.6) is 0 Å². The number of hydrogen-bond acceptors (Lipinski definition) is 3. The molecule has 1 aliphatic rings. The van der Waals surface area contributed by atoms with Gasteiger partial charge < -0.3 is 5.73 Å². The Morgan fingerprint density at radius 2 is 2.16 bits per heavy atom. The lowest BCUT2D eigenvalue weighted by Gasteiger charge is -2.27. The highest BCUT2D eigenvalue weighted by molar-refractivity contribution is 6.08. The molecule has 5 heteroatoms. The topological polar surface area (TPSA) is 64.2 Å². The highest BCUT2D eigenvalue weighted by Gasteiger charge is 2.28. The lowest BCUT2D eigenvalue weighted by atomic mass is 9.99. The molecule has 0 radical (unpaired) electrons. The molecule has 2 N–H and O–H groups in total. The number of amides is 1. The number of hydrogen-bond donors (Lipinski definition) is 1. The highest BCUT2D eigenvalue weighted by atomic mass is 16.2. The van der Waals surface area contributed by atoms with Gasteiger partial charge in [-0.05, 0) is 18.1 Å². The summed E-state index contributed by atoms with van der Waals surface area (Å²) < 4.78 is 1.70. The number of aromatic nitrogens is 2. The van der Waals surface area contributed by atoms with Crippen molar-refractivity contribution in [2.75, 3.05) is 11.4 Å². The second-order valence-electron chi connectivity index (χ2n) is 4.72. The monoisotopic (exact) mass is 256 g/mol. The number of benzene rings is 1. The zero-order valence-corrected chi connectivity index (χ0v) is 10.8. The summed E-state index contributed by atoms with van der Waals surface area (Å²) in [6.07, 6.45) is 2.71. The minimum atomic E-state index is 0.00949. The van der Waals surface area contributed by atoms with Crippen LogP contribution in [0.1, 0.15) is 21.5 Å². The Kier molecular flexibility index (Phi) is 2.83. The predicted octanol–water partition coefficient (Wildman–Crippen LogP) is 1.08. The average Bonchev–Trinajstić information content (AvgIpc) is 2.80. The largest absolute Gasteiger partial charge is 0.326 e. The SMILES string of the molecule is Cn1cc(CN)c(N2CCc3ccccc3C2=O)n1. The van der Waals surface area contributed by atoms with Gasteiger partial charge in [0, 0.05) is 37.5 Å². The first-order valence-electron chi connectivity index (χ1n) is 6.33. The lowest BCUT2D eigenvalue weighted by Crippen LogP contribution is -2.38. The van der Waals surface area contributed by atoms with E-state index in [1.54, 1.807) is 9.58 Å². The Bertz CT molecular complexity index is 632. The van der Waals surface area contributed by atoms with Gasteiger partial charge in [-0.1, -0.05) is 18.2 Å². The third kappa shape index (κ3) is 1.92. The van der Waals surface area contributed by atoms with Crippen molar-refractivity contribution in [2.45, 2.75) is 13.0 Å². The number of rotatable bonds is 2. The number of nitrogens with two attached hydrogens (primary N) is 1. The molecule has 0 saturated carbocycles. The zero-order valence-electron chi connectivity index (χ0n) is 10.8. The van der Waals surface area contributed by atoms with Crippen LogP contribution in [0.4, 0.5) is 5.82 Å². The molecule has 0 saturated heterocycles. The fourth-order valence-corrected chi connectivity index (χ4v) is 2.53. The first kappa shape index (κ1) is 11.9. The molecule has 0 aliphatic carbocycles. The number of aryl methyl sites for hydroxylation is 1. The standard InChI is InChI=1S/C14H16N4O/c1-17-9-11(8-15)13(16-17)18-7-6-10-4-2-3-5-12(10)14(18)19/h2-5,9H,6-8,15H2,1H3. The van der Waals surface area contributed by atoms with E-state index in [9.17, 15) is 4.79 Å². The fourth-order valence-electron chi connectivity index (χ4n) is 2.53. The first-order valence-corrected chi connectivity index (χ1v) is 6.33. The van der Waals surface area contributed by atoms with Crippen molar-refractivity contribution in [2.24, 2.45) is 12.8 Å². The molecule has 0 unspecified atom stereocenters. The van der Waals surface area contributed by atoms with Crippen LogP contribution in [0, 0.1) is 0 Å². The lowest BCUT2D eigenvalue weighted by molar-refractivity contribution is 0.0979. The van der Waals surface area contributed by atoms with Crippen LogP contribution in [0.3, 0.4) is 0 Å². The van der Waals surface area contributed by atoms with E-state index in [0.717, 1.165) is 23.1 Å². The molecule has 1 aliphatic heterocycles. The van der Waals surface area contributed by atoms with E-state index in [1.165, 1.54) is 0 Å². The predicted molar refractivity (Wildman–Crippen MR) is 72.9 cm³/mol. The minimum Gasteiger partial charge on any atom is -0.326 e. The molecule has 2 aromatic rings. The van der Waals surface area contributed by atoms with Gasteiger partial charge in [0.1, 0.15) is 0 Å². The van der Waals surface area contributed by atoms with Crippen molar-refractivity contribution in [1.82, 2.24) is 9.78 Å². The number of fused-ring (bicyclic) bond motifs is 1. The molecule has 1 aromatic heterocycles. The molecule has 5 nitrogen and oxygen atoms in total. The number of carbonyl (C=O) groups is 1. The second-order valence-corrected chi connectivity index (χ2v) is 4.72. The number of nitrogens with zero attached hydrogens (tertiary/aromatic N) is 3. The molecule has 98 valence electrons. The summed E-state index contributed by atoms with van der Waals surface area (Å²) >= 11 is 0. The maximum atomic E-state index is 12.5. The molecule has 3 rings (SSSR count). The molecule has 0 bridgehead atoms. The van der Waals surface area contributed by atoms with Crippen molar-refractivity contribution in [3.63, 3.8) is 0 Å². The van der Waals surface area contributed by atoms with Crippen LogP contribution >= 0.6 is 0 Å². The van der Waals surface area contributed by atoms with Gasteiger partial charge in [0.15, 0.2) is 5.82 Å². The normalized spacial score (nSPS) is 14.6. The molecule has 2 heterocycles. The maximum Gasteiger partial charge on any atom is 0.259 e. The van der Waals surface area contributed by atoms with Crippen molar-refractivity contribution in [3.05, 3.63) is 47.2 Å². The molecule has 0 spiro atoms. The van der Waals surface area contributed by atoms with Gasteiger partial charge in [-0.25, -0.2) is 0 Å². The quantitative estimate of drug-likeness (QED) is 0.874. The van der Waals surface area contributed by atoms with E-state index in [4.69, 9.17) is 5.73 Å².